The summed E-state index contributed by atoms with van der Waals surface area (Å²) in [4.78, 5) is 40.1. The van der Waals surface area contributed by atoms with Crippen molar-refractivity contribution < 1.29 is 22.8 Å². The Hall–Kier alpha value is -2.77. The van der Waals surface area contributed by atoms with Crippen molar-refractivity contribution in [2.45, 2.75) is 62.4 Å². The lowest BCUT2D eigenvalue weighted by molar-refractivity contribution is -0.131. The molecule has 35 heavy (non-hydrogen) atoms. The number of carbonyl (C=O) groups excluding carboxylic acids is 3. The van der Waals surface area contributed by atoms with E-state index in [0.717, 1.165) is 11.3 Å². The highest BCUT2D eigenvalue weighted by atomic mass is 32.2. The molecule has 2 aromatic rings. The molecule has 3 rings (SSSR count). The number of sulfonamides is 1. The molecule has 0 saturated carbocycles. The summed E-state index contributed by atoms with van der Waals surface area (Å²) in [5.41, 5.74) is 6.46. The normalized spacial score (nSPS) is 19.5. The highest BCUT2D eigenvalue weighted by Crippen LogP contribution is 2.24. The number of thiophene rings is 1. The van der Waals surface area contributed by atoms with E-state index in [0.29, 0.717) is 24.2 Å². The molecule has 2 aromatic heterocycles. The Morgan fingerprint density at radius 1 is 1.31 bits per heavy atom. The summed E-state index contributed by atoms with van der Waals surface area (Å²) in [6.07, 6.45) is 0.714. The van der Waals surface area contributed by atoms with E-state index < -0.39 is 45.9 Å². The first-order chi connectivity index (χ1) is 16.4. The van der Waals surface area contributed by atoms with E-state index >= 15 is 0 Å². The highest BCUT2D eigenvalue weighted by Gasteiger charge is 2.40. The Labute approximate surface area is 209 Å². The number of nitrogens with two attached hydrogens (primary N) is 1. The van der Waals surface area contributed by atoms with Crippen molar-refractivity contribution in [2.24, 2.45) is 18.7 Å². The molecular weight excluding hydrogens is 492 g/mol. The van der Waals surface area contributed by atoms with Gasteiger partial charge in [0, 0.05) is 19.6 Å². The van der Waals surface area contributed by atoms with Crippen LogP contribution < -0.4 is 15.8 Å². The zero-order chi connectivity index (χ0) is 25.9. The van der Waals surface area contributed by atoms with Crippen LogP contribution in [0.1, 0.15) is 49.3 Å². The minimum absolute atomic E-state index is 0.0478. The lowest BCUT2D eigenvalue weighted by Gasteiger charge is -2.39. The number of amides is 3. The van der Waals surface area contributed by atoms with E-state index in [2.05, 4.69) is 15.1 Å². The molecule has 1 aliphatic heterocycles. The lowest BCUT2D eigenvalue weighted by atomic mass is 9.95. The molecule has 192 valence electrons. The molecule has 3 amide bonds. The van der Waals surface area contributed by atoms with Gasteiger partial charge in [-0.2, -0.15) is 5.10 Å². The van der Waals surface area contributed by atoms with Crippen molar-refractivity contribution in [1.82, 2.24) is 24.7 Å². The molecule has 1 aliphatic rings. The van der Waals surface area contributed by atoms with E-state index in [1.54, 1.807) is 31.5 Å². The van der Waals surface area contributed by atoms with Crippen molar-refractivity contribution in [3.63, 3.8) is 0 Å². The van der Waals surface area contributed by atoms with Gasteiger partial charge in [-0.1, -0.05) is 19.9 Å². The Bertz CT molecular complexity index is 1180. The maximum absolute atomic E-state index is 13.4. The van der Waals surface area contributed by atoms with Gasteiger partial charge < -0.3 is 16.0 Å². The largest absolute Gasteiger partial charge is 0.368 e. The van der Waals surface area contributed by atoms with Crippen LogP contribution in [0.4, 0.5) is 0 Å². The van der Waals surface area contributed by atoms with E-state index in [-0.39, 0.29) is 23.1 Å². The number of rotatable bonds is 9. The minimum Gasteiger partial charge on any atom is -0.368 e. The van der Waals surface area contributed by atoms with Crippen LogP contribution in [0.15, 0.2) is 27.8 Å². The summed E-state index contributed by atoms with van der Waals surface area (Å²) in [7, 11) is -2.12. The quantitative estimate of drug-likeness (QED) is 0.440. The Balaban J connectivity index is 1.86. The third-order valence-corrected chi connectivity index (χ3v) is 8.75. The lowest BCUT2D eigenvalue weighted by Crippen LogP contribution is -2.59. The number of carbonyl (C=O) groups is 3. The minimum atomic E-state index is -3.77. The maximum atomic E-state index is 13.4. The number of piperidine rings is 1. The smallest absolute Gasteiger partial charge is 0.272 e. The molecule has 4 N–H and O–H groups in total. The first-order valence-electron chi connectivity index (χ1n) is 11.4. The van der Waals surface area contributed by atoms with Crippen molar-refractivity contribution >= 4 is 39.1 Å². The van der Waals surface area contributed by atoms with Gasteiger partial charge in [-0.25, -0.2) is 13.1 Å². The molecule has 11 nitrogen and oxygen atoms in total. The number of likely N-dealkylation sites (tertiary alicyclic amines) is 1. The summed E-state index contributed by atoms with van der Waals surface area (Å²) in [6.45, 7) is 5.71. The number of primary amides is 1. The summed E-state index contributed by atoms with van der Waals surface area (Å²) < 4.78 is 29.8. The van der Waals surface area contributed by atoms with Crippen LogP contribution >= 0.6 is 11.3 Å². The van der Waals surface area contributed by atoms with Gasteiger partial charge in [0.2, 0.25) is 21.8 Å². The van der Waals surface area contributed by atoms with Crippen LogP contribution in [0, 0.1) is 12.8 Å². The standard InChI is InChI=1S/C22H32N6O5S2/c1-13(2)10-16(20(23)29)24-21(30)17-12-15(26-35(32,33)19-6-5-9-34-19)7-8-28(17)22(31)18-11-14(3)25-27(18)4/h5-6,9,11,13,15-17,26H,7-8,10,12H2,1-4H3,(H2,23,29)(H,24,30). The second-order valence-corrected chi connectivity index (χ2v) is 12.1. The molecule has 0 aromatic carbocycles. The second kappa shape index (κ2) is 10.9. The van der Waals surface area contributed by atoms with Crippen LogP contribution in [0.25, 0.3) is 0 Å². The third-order valence-electron chi connectivity index (χ3n) is 5.84. The van der Waals surface area contributed by atoms with Crippen molar-refractivity contribution in [3.05, 3.63) is 35.0 Å². The summed E-state index contributed by atoms with van der Waals surface area (Å²) in [5, 5.41) is 8.56. The molecular formula is C22H32N6O5S2. The maximum Gasteiger partial charge on any atom is 0.272 e. The molecule has 1 fully saturated rings. The molecule has 0 bridgehead atoms. The summed E-state index contributed by atoms with van der Waals surface area (Å²) >= 11 is 1.09. The van der Waals surface area contributed by atoms with Crippen LogP contribution in [-0.2, 0) is 26.7 Å². The topological polar surface area (TPSA) is 156 Å². The fourth-order valence-corrected chi connectivity index (χ4v) is 6.49. The molecule has 0 spiro atoms. The third kappa shape index (κ3) is 6.47. The van der Waals surface area contributed by atoms with Gasteiger partial charge in [-0.05, 0) is 49.6 Å². The fourth-order valence-electron chi connectivity index (χ4n) is 4.20. The number of nitrogens with one attached hydrogen (secondary N) is 2. The second-order valence-electron chi connectivity index (χ2n) is 9.18. The molecule has 1 saturated heterocycles. The van der Waals surface area contributed by atoms with E-state index in [1.807, 2.05) is 13.8 Å². The van der Waals surface area contributed by atoms with Gasteiger partial charge in [0.05, 0.1) is 5.69 Å². The van der Waals surface area contributed by atoms with E-state index in [9.17, 15) is 22.8 Å². The van der Waals surface area contributed by atoms with Crippen LogP contribution in [0.2, 0.25) is 0 Å². The van der Waals surface area contributed by atoms with Gasteiger partial charge in [0.15, 0.2) is 0 Å². The predicted molar refractivity (Wildman–Crippen MR) is 131 cm³/mol. The van der Waals surface area contributed by atoms with E-state index in [4.69, 9.17) is 5.73 Å². The van der Waals surface area contributed by atoms with Gasteiger partial charge >= 0.3 is 0 Å². The highest BCUT2D eigenvalue weighted by molar-refractivity contribution is 7.91. The molecule has 0 aliphatic carbocycles. The van der Waals surface area contributed by atoms with Gasteiger partial charge in [0.1, 0.15) is 22.0 Å². The fraction of sp³-hybridized carbons (Fsp3) is 0.545. The average molecular weight is 525 g/mol. The molecule has 3 atom stereocenters. The predicted octanol–water partition coefficient (Wildman–Crippen LogP) is 0.758. The zero-order valence-electron chi connectivity index (χ0n) is 20.2. The zero-order valence-corrected chi connectivity index (χ0v) is 21.9. The first-order valence-corrected chi connectivity index (χ1v) is 13.7. The SMILES string of the molecule is Cc1cc(C(=O)N2CCC(NS(=O)(=O)c3cccs3)CC2C(=O)NC(CC(C)C)C(N)=O)n(C)n1. The van der Waals surface area contributed by atoms with Crippen molar-refractivity contribution in [1.29, 1.82) is 0 Å². The van der Waals surface area contributed by atoms with Crippen LogP contribution in [0.5, 0.6) is 0 Å². The van der Waals surface area contributed by atoms with Crippen molar-refractivity contribution in [3.8, 4) is 0 Å². The number of aryl methyl sites for hydroxylation is 2. The summed E-state index contributed by atoms with van der Waals surface area (Å²) in [6, 6.07) is 2.30. The number of aromatic nitrogens is 2. The van der Waals surface area contributed by atoms with Gasteiger partial charge in [-0.15, -0.1) is 11.3 Å². The molecule has 3 unspecified atom stereocenters. The molecule has 3 heterocycles. The molecule has 13 heteroatoms. The Morgan fingerprint density at radius 3 is 2.57 bits per heavy atom. The van der Waals surface area contributed by atoms with Gasteiger partial charge in [0.25, 0.3) is 5.91 Å². The Morgan fingerprint density at radius 2 is 2.03 bits per heavy atom. The number of nitrogens with zero attached hydrogens (tertiary/aromatic N) is 3. The average Bonchev–Trinajstić information content (AvgIpc) is 3.42. The Kier molecular flexibility index (Phi) is 8.34. The number of hydrogen-bond acceptors (Lipinski definition) is 7. The van der Waals surface area contributed by atoms with Crippen LogP contribution in [-0.4, -0.2) is 65.5 Å². The van der Waals surface area contributed by atoms with Crippen molar-refractivity contribution in [2.75, 3.05) is 6.54 Å². The van der Waals surface area contributed by atoms with Gasteiger partial charge in [-0.3, -0.25) is 19.1 Å². The molecule has 0 radical (unpaired) electrons. The number of hydrogen-bond donors (Lipinski definition) is 3. The van der Waals surface area contributed by atoms with Crippen LogP contribution in [0.3, 0.4) is 0 Å². The monoisotopic (exact) mass is 524 g/mol. The first kappa shape index (κ1) is 26.8. The summed E-state index contributed by atoms with van der Waals surface area (Å²) in [5.74, 6) is -1.52. The van der Waals surface area contributed by atoms with E-state index in [1.165, 1.54) is 15.6 Å².